The van der Waals surface area contributed by atoms with E-state index in [9.17, 15) is 4.79 Å². The van der Waals surface area contributed by atoms with Crippen LogP contribution in [0.25, 0.3) is 0 Å². The summed E-state index contributed by atoms with van der Waals surface area (Å²) in [5, 5.41) is 5.86. The molecule has 0 bridgehead atoms. The summed E-state index contributed by atoms with van der Waals surface area (Å²) in [6.07, 6.45) is 3.06. The zero-order chi connectivity index (χ0) is 12.8. The van der Waals surface area contributed by atoms with Crippen molar-refractivity contribution >= 4 is 17.3 Å². The third kappa shape index (κ3) is 3.47. The molecule has 4 nitrogen and oxygen atoms in total. The molecule has 2 N–H and O–H groups in total. The van der Waals surface area contributed by atoms with Crippen molar-refractivity contribution < 1.29 is 4.79 Å². The normalized spacial score (nSPS) is 14.8. The third-order valence-corrected chi connectivity index (χ3v) is 3.22. The van der Waals surface area contributed by atoms with E-state index in [4.69, 9.17) is 0 Å². The highest BCUT2D eigenvalue weighted by atomic mass is 16.1. The maximum absolute atomic E-state index is 11.6. The van der Waals surface area contributed by atoms with Crippen molar-refractivity contribution in [1.29, 1.82) is 0 Å². The van der Waals surface area contributed by atoms with Gasteiger partial charge in [0.1, 0.15) is 0 Å². The number of rotatable bonds is 5. The van der Waals surface area contributed by atoms with Crippen molar-refractivity contribution in [3.63, 3.8) is 0 Å². The van der Waals surface area contributed by atoms with Crippen molar-refractivity contribution in [3.8, 4) is 0 Å². The van der Waals surface area contributed by atoms with Crippen LogP contribution in [0.4, 0.5) is 11.4 Å². The van der Waals surface area contributed by atoms with Gasteiger partial charge in [0.15, 0.2) is 0 Å². The lowest BCUT2D eigenvalue weighted by molar-refractivity contribution is -0.116. The summed E-state index contributed by atoms with van der Waals surface area (Å²) >= 11 is 0. The zero-order valence-corrected chi connectivity index (χ0v) is 10.9. The predicted octanol–water partition coefficient (Wildman–Crippen LogP) is 1.83. The molecule has 1 amide bonds. The molecular weight excluding hydrogens is 226 g/mol. The van der Waals surface area contributed by atoms with Crippen molar-refractivity contribution in [2.75, 3.05) is 36.9 Å². The Bertz CT molecular complexity index is 383. The summed E-state index contributed by atoms with van der Waals surface area (Å²) in [7, 11) is 1.85. The fourth-order valence-corrected chi connectivity index (χ4v) is 2.19. The van der Waals surface area contributed by atoms with Gasteiger partial charge in [0.05, 0.1) is 0 Å². The number of carbonyl (C=O) groups is 1. The highest BCUT2D eigenvalue weighted by molar-refractivity contribution is 5.91. The molecule has 1 aliphatic rings. The number of anilines is 2. The van der Waals surface area contributed by atoms with E-state index < -0.39 is 0 Å². The van der Waals surface area contributed by atoms with E-state index in [1.807, 2.05) is 19.2 Å². The van der Waals surface area contributed by atoms with E-state index in [2.05, 4.69) is 27.7 Å². The van der Waals surface area contributed by atoms with E-state index in [0.29, 0.717) is 13.0 Å². The van der Waals surface area contributed by atoms with E-state index in [0.717, 1.165) is 18.8 Å². The highest BCUT2D eigenvalue weighted by Gasteiger charge is 2.11. The van der Waals surface area contributed by atoms with Gasteiger partial charge >= 0.3 is 0 Å². The lowest BCUT2D eigenvalue weighted by atomic mass is 10.2. The van der Waals surface area contributed by atoms with Crippen molar-refractivity contribution in [1.82, 2.24) is 5.32 Å². The quantitative estimate of drug-likeness (QED) is 0.834. The number of carbonyl (C=O) groups excluding carboxylic acids is 1. The molecule has 0 unspecified atom stereocenters. The van der Waals surface area contributed by atoms with Crippen LogP contribution in [-0.2, 0) is 4.79 Å². The van der Waals surface area contributed by atoms with Gasteiger partial charge in [0.2, 0.25) is 5.91 Å². The first kappa shape index (κ1) is 12.9. The Kier molecular flexibility index (Phi) is 4.59. The smallest absolute Gasteiger partial charge is 0.225 e. The van der Waals surface area contributed by atoms with Gasteiger partial charge in [-0.15, -0.1) is 0 Å². The molecule has 0 saturated carbocycles. The summed E-state index contributed by atoms with van der Waals surface area (Å²) in [6, 6.07) is 8.12. The van der Waals surface area contributed by atoms with E-state index >= 15 is 0 Å². The van der Waals surface area contributed by atoms with Crippen LogP contribution in [0.2, 0.25) is 0 Å². The third-order valence-electron chi connectivity index (χ3n) is 3.22. The Morgan fingerprint density at radius 3 is 2.50 bits per heavy atom. The van der Waals surface area contributed by atoms with Gasteiger partial charge < -0.3 is 15.5 Å². The van der Waals surface area contributed by atoms with Gasteiger partial charge in [-0.3, -0.25) is 4.79 Å². The number of nitrogens with one attached hydrogen (secondary N) is 2. The lowest BCUT2D eigenvalue weighted by Gasteiger charge is -2.17. The molecular formula is C14H21N3O. The maximum Gasteiger partial charge on any atom is 0.225 e. The maximum atomic E-state index is 11.6. The first-order chi connectivity index (χ1) is 8.79. The first-order valence-electron chi connectivity index (χ1n) is 6.59. The van der Waals surface area contributed by atoms with Gasteiger partial charge in [-0.1, -0.05) is 0 Å². The van der Waals surface area contributed by atoms with Crippen molar-refractivity contribution in [3.05, 3.63) is 24.3 Å². The lowest BCUT2D eigenvalue weighted by Crippen LogP contribution is -2.19. The molecule has 0 atom stereocenters. The van der Waals surface area contributed by atoms with Gasteiger partial charge in [-0.25, -0.2) is 0 Å². The minimum atomic E-state index is 0.0540. The second-order valence-corrected chi connectivity index (χ2v) is 4.64. The van der Waals surface area contributed by atoms with Gasteiger partial charge in [0.25, 0.3) is 0 Å². The van der Waals surface area contributed by atoms with E-state index in [1.54, 1.807) is 0 Å². The molecule has 4 heteroatoms. The van der Waals surface area contributed by atoms with E-state index in [1.165, 1.54) is 18.5 Å². The largest absolute Gasteiger partial charge is 0.372 e. The summed E-state index contributed by atoms with van der Waals surface area (Å²) in [4.78, 5) is 13.9. The fourth-order valence-electron chi connectivity index (χ4n) is 2.19. The van der Waals surface area contributed by atoms with Gasteiger partial charge in [0, 0.05) is 37.4 Å². The van der Waals surface area contributed by atoms with Crippen LogP contribution >= 0.6 is 0 Å². The molecule has 1 aromatic rings. The summed E-state index contributed by atoms with van der Waals surface area (Å²) in [6.45, 7) is 3.00. The molecule has 0 radical (unpaired) electrons. The second kappa shape index (κ2) is 6.40. The molecule has 98 valence electrons. The van der Waals surface area contributed by atoms with Gasteiger partial charge in [-0.2, -0.15) is 0 Å². The topological polar surface area (TPSA) is 44.4 Å². The molecule has 0 aliphatic carbocycles. The Morgan fingerprint density at radius 1 is 1.22 bits per heavy atom. The average molecular weight is 247 g/mol. The van der Waals surface area contributed by atoms with E-state index in [-0.39, 0.29) is 5.91 Å². The van der Waals surface area contributed by atoms with Crippen molar-refractivity contribution in [2.45, 2.75) is 19.3 Å². The van der Waals surface area contributed by atoms with Crippen LogP contribution in [0.3, 0.4) is 0 Å². The zero-order valence-electron chi connectivity index (χ0n) is 10.9. The molecule has 18 heavy (non-hydrogen) atoms. The minimum absolute atomic E-state index is 0.0540. The SMILES string of the molecule is CNCCC(=O)Nc1ccc(N2CCCC2)cc1. The Balaban J connectivity index is 1.88. The predicted molar refractivity (Wildman–Crippen MR) is 75.1 cm³/mol. The Labute approximate surface area is 108 Å². The number of benzene rings is 1. The molecule has 1 saturated heterocycles. The second-order valence-electron chi connectivity index (χ2n) is 4.64. The first-order valence-corrected chi connectivity index (χ1v) is 6.59. The van der Waals surface area contributed by atoms with Crippen LogP contribution in [0.15, 0.2) is 24.3 Å². The standard InChI is InChI=1S/C14H21N3O/c1-15-9-8-14(18)16-12-4-6-13(7-5-12)17-10-2-3-11-17/h4-7,15H,2-3,8-11H2,1H3,(H,16,18). The summed E-state index contributed by atoms with van der Waals surface area (Å²) < 4.78 is 0. The Morgan fingerprint density at radius 2 is 1.89 bits per heavy atom. The van der Waals surface area contributed by atoms with Crippen LogP contribution in [0.1, 0.15) is 19.3 Å². The van der Waals surface area contributed by atoms with Crippen LogP contribution in [0.5, 0.6) is 0 Å². The molecule has 0 aromatic heterocycles. The summed E-state index contributed by atoms with van der Waals surface area (Å²) in [5.41, 5.74) is 2.12. The number of hydrogen-bond acceptors (Lipinski definition) is 3. The number of hydrogen-bond donors (Lipinski definition) is 2. The van der Waals surface area contributed by atoms with Crippen LogP contribution < -0.4 is 15.5 Å². The average Bonchev–Trinajstić information content (AvgIpc) is 2.91. The highest BCUT2D eigenvalue weighted by Crippen LogP contribution is 2.21. The molecule has 1 aliphatic heterocycles. The molecule has 1 fully saturated rings. The fraction of sp³-hybridized carbons (Fsp3) is 0.500. The van der Waals surface area contributed by atoms with Gasteiger partial charge in [-0.05, 0) is 44.2 Å². The van der Waals surface area contributed by atoms with Crippen LogP contribution in [0, 0.1) is 0 Å². The molecule has 2 rings (SSSR count). The monoisotopic (exact) mass is 247 g/mol. The summed E-state index contributed by atoms with van der Waals surface area (Å²) in [5.74, 6) is 0.0540. The number of amides is 1. The minimum Gasteiger partial charge on any atom is -0.372 e. The Hall–Kier alpha value is -1.55. The van der Waals surface area contributed by atoms with Crippen molar-refractivity contribution in [2.24, 2.45) is 0 Å². The molecule has 1 heterocycles. The molecule has 1 aromatic carbocycles. The number of nitrogens with zero attached hydrogens (tertiary/aromatic N) is 1. The molecule has 0 spiro atoms. The van der Waals surface area contributed by atoms with Crippen LogP contribution in [-0.4, -0.2) is 32.6 Å².